The van der Waals surface area contributed by atoms with E-state index in [4.69, 9.17) is 4.52 Å². The summed E-state index contributed by atoms with van der Waals surface area (Å²) in [4.78, 5) is 6.19. The van der Waals surface area contributed by atoms with Crippen molar-refractivity contribution in [2.75, 3.05) is 32.1 Å². The van der Waals surface area contributed by atoms with E-state index in [-0.39, 0.29) is 0 Å². The maximum atomic E-state index is 5.22. The van der Waals surface area contributed by atoms with Gasteiger partial charge in [-0.05, 0) is 24.5 Å². The van der Waals surface area contributed by atoms with Gasteiger partial charge in [0.15, 0.2) is 0 Å². The second-order valence-corrected chi connectivity index (χ2v) is 3.87. The maximum Gasteiger partial charge on any atom is 0.265 e. The van der Waals surface area contributed by atoms with Gasteiger partial charge in [-0.1, -0.05) is 0 Å². The van der Waals surface area contributed by atoms with Crippen molar-refractivity contribution in [3.05, 3.63) is 5.89 Å². The third kappa shape index (κ3) is 1.87. The monoisotopic (exact) mass is 196 g/mol. The molecule has 1 fully saturated rings. The van der Waals surface area contributed by atoms with E-state index in [1.807, 2.05) is 19.0 Å². The van der Waals surface area contributed by atoms with E-state index in [9.17, 15) is 0 Å². The van der Waals surface area contributed by atoms with Crippen LogP contribution in [0.15, 0.2) is 4.52 Å². The van der Waals surface area contributed by atoms with Crippen molar-refractivity contribution in [2.24, 2.45) is 0 Å². The van der Waals surface area contributed by atoms with E-state index in [1.165, 1.54) is 6.42 Å². The van der Waals surface area contributed by atoms with E-state index < -0.39 is 0 Å². The van der Waals surface area contributed by atoms with E-state index in [0.29, 0.717) is 11.9 Å². The van der Waals surface area contributed by atoms with Crippen LogP contribution in [0, 0.1) is 0 Å². The van der Waals surface area contributed by atoms with Crippen LogP contribution in [-0.2, 0) is 0 Å². The van der Waals surface area contributed by atoms with E-state index in [2.05, 4.69) is 15.5 Å². The summed E-state index contributed by atoms with van der Waals surface area (Å²) in [6.45, 7) is 2.06. The lowest BCUT2D eigenvalue weighted by Crippen LogP contribution is -2.28. The Morgan fingerprint density at radius 2 is 2.36 bits per heavy atom. The zero-order valence-electron chi connectivity index (χ0n) is 8.66. The van der Waals surface area contributed by atoms with Crippen molar-refractivity contribution in [2.45, 2.75) is 18.8 Å². The number of nitrogens with zero attached hydrogens (tertiary/aromatic N) is 3. The zero-order valence-corrected chi connectivity index (χ0v) is 8.66. The highest BCUT2D eigenvalue weighted by Gasteiger charge is 2.21. The molecule has 78 valence electrons. The molecule has 0 spiro atoms. The van der Waals surface area contributed by atoms with E-state index in [0.717, 1.165) is 25.4 Å². The molecule has 0 saturated carbocycles. The highest BCUT2D eigenvalue weighted by molar-refractivity contribution is 5.24. The van der Waals surface area contributed by atoms with Crippen LogP contribution in [0.3, 0.4) is 0 Å². The van der Waals surface area contributed by atoms with Gasteiger partial charge in [-0.25, -0.2) is 0 Å². The fraction of sp³-hybridized carbons (Fsp3) is 0.778. The van der Waals surface area contributed by atoms with Gasteiger partial charge in [0.25, 0.3) is 5.95 Å². The normalized spacial score (nSPS) is 22.3. The predicted molar refractivity (Wildman–Crippen MR) is 53.5 cm³/mol. The molecule has 1 N–H and O–H groups in total. The zero-order chi connectivity index (χ0) is 9.97. The molecule has 0 radical (unpaired) electrons. The topological polar surface area (TPSA) is 54.2 Å². The average Bonchev–Trinajstić information content (AvgIpc) is 2.68. The number of hydrogen-bond acceptors (Lipinski definition) is 5. The first-order chi connectivity index (χ1) is 6.77. The molecule has 0 aliphatic carbocycles. The average molecular weight is 196 g/mol. The highest BCUT2D eigenvalue weighted by Crippen LogP contribution is 2.22. The summed E-state index contributed by atoms with van der Waals surface area (Å²) >= 11 is 0. The van der Waals surface area contributed by atoms with Crippen molar-refractivity contribution < 1.29 is 4.52 Å². The summed E-state index contributed by atoms with van der Waals surface area (Å²) in [7, 11) is 3.82. The summed E-state index contributed by atoms with van der Waals surface area (Å²) in [5.74, 6) is 1.82. The number of hydrogen-bond donors (Lipinski definition) is 1. The van der Waals surface area contributed by atoms with Crippen molar-refractivity contribution in [3.63, 3.8) is 0 Å². The highest BCUT2D eigenvalue weighted by atomic mass is 16.5. The first kappa shape index (κ1) is 9.45. The molecule has 1 aromatic rings. The SMILES string of the molecule is CN(C)c1noc([C@H]2CCCNC2)n1. The lowest BCUT2D eigenvalue weighted by atomic mass is 10.00. The smallest absolute Gasteiger partial charge is 0.265 e. The van der Waals surface area contributed by atoms with Gasteiger partial charge in [0.2, 0.25) is 5.89 Å². The largest absolute Gasteiger partial charge is 0.344 e. The molecule has 5 heteroatoms. The predicted octanol–water partition coefficient (Wildman–Crippen LogP) is 0.603. The molecule has 1 saturated heterocycles. The van der Waals surface area contributed by atoms with Crippen LogP contribution >= 0.6 is 0 Å². The first-order valence-corrected chi connectivity index (χ1v) is 4.99. The van der Waals surface area contributed by atoms with Crippen LogP contribution in [0.5, 0.6) is 0 Å². The van der Waals surface area contributed by atoms with Crippen LogP contribution in [0.4, 0.5) is 5.95 Å². The van der Waals surface area contributed by atoms with Crippen LogP contribution in [-0.4, -0.2) is 37.3 Å². The second-order valence-electron chi connectivity index (χ2n) is 3.87. The fourth-order valence-corrected chi connectivity index (χ4v) is 1.64. The number of aromatic nitrogens is 2. The van der Waals surface area contributed by atoms with Gasteiger partial charge in [0.1, 0.15) is 0 Å². The minimum atomic E-state index is 0.393. The quantitative estimate of drug-likeness (QED) is 0.750. The molecule has 1 aliphatic heterocycles. The van der Waals surface area contributed by atoms with Gasteiger partial charge in [-0.3, -0.25) is 0 Å². The molecule has 0 amide bonds. The lowest BCUT2D eigenvalue weighted by molar-refractivity contribution is 0.322. The molecule has 0 unspecified atom stereocenters. The van der Waals surface area contributed by atoms with Gasteiger partial charge in [0.05, 0.1) is 5.92 Å². The van der Waals surface area contributed by atoms with Crippen molar-refractivity contribution in [1.29, 1.82) is 0 Å². The number of anilines is 1. The summed E-state index contributed by atoms with van der Waals surface area (Å²) in [6.07, 6.45) is 2.33. The van der Waals surface area contributed by atoms with Crippen molar-refractivity contribution in [1.82, 2.24) is 15.5 Å². The number of piperidine rings is 1. The van der Waals surface area contributed by atoms with Crippen molar-refractivity contribution >= 4 is 5.95 Å². The molecule has 14 heavy (non-hydrogen) atoms. The molecule has 5 nitrogen and oxygen atoms in total. The Bertz CT molecular complexity index is 291. The van der Waals surface area contributed by atoms with E-state index in [1.54, 1.807) is 0 Å². The Balaban J connectivity index is 2.07. The molecular formula is C9H16N4O. The van der Waals surface area contributed by atoms with Crippen LogP contribution < -0.4 is 10.2 Å². The van der Waals surface area contributed by atoms with Gasteiger partial charge in [-0.2, -0.15) is 4.98 Å². The lowest BCUT2D eigenvalue weighted by Gasteiger charge is -2.18. The van der Waals surface area contributed by atoms with Crippen molar-refractivity contribution in [3.8, 4) is 0 Å². The number of rotatable bonds is 2. The summed E-state index contributed by atoms with van der Waals surface area (Å²) < 4.78 is 5.22. The Hall–Kier alpha value is -1.10. The molecule has 1 aromatic heterocycles. The summed E-state index contributed by atoms with van der Waals surface area (Å²) in [5.41, 5.74) is 0. The maximum absolute atomic E-state index is 5.22. The van der Waals surface area contributed by atoms with Crippen LogP contribution in [0.2, 0.25) is 0 Å². The van der Waals surface area contributed by atoms with Crippen LogP contribution in [0.25, 0.3) is 0 Å². The molecule has 0 aromatic carbocycles. The van der Waals surface area contributed by atoms with Gasteiger partial charge in [0, 0.05) is 20.6 Å². The molecule has 1 atom stereocenters. The molecule has 2 rings (SSSR count). The van der Waals surface area contributed by atoms with Crippen LogP contribution in [0.1, 0.15) is 24.7 Å². The molecule has 0 bridgehead atoms. The fourth-order valence-electron chi connectivity index (χ4n) is 1.64. The van der Waals surface area contributed by atoms with Gasteiger partial charge in [-0.15, -0.1) is 0 Å². The van der Waals surface area contributed by atoms with E-state index >= 15 is 0 Å². The van der Waals surface area contributed by atoms with Gasteiger partial charge >= 0.3 is 0 Å². The first-order valence-electron chi connectivity index (χ1n) is 4.99. The Morgan fingerprint density at radius 1 is 1.50 bits per heavy atom. The molecule has 2 heterocycles. The molecular weight excluding hydrogens is 180 g/mol. The molecule has 1 aliphatic rings. The second kappa shape index (κ2) is 3.96. The minimum Gasteiger partial charge on any atom is -0.344 e. The Kier molecular flexibility index (Phi) is 2.67. The Labute approximate surface area is 83.5 Å². The standard InChI is InChI=1S/C9H16N4O/c1-13(2)9-11-8(14-12-9)7-4-3-5-10-6-7/h7,10H,3-6H2,1-2H3/t7-/m0/s1. The third-order valence-electron chi connectivity index (χ3n) is 2.48. The number of nitrogens with one attached hydrogen (secondary N) is 1. The van der Waals surface area contributed by atoms with Gasteiger partial charge < -0.3 is 14.7 Å². The Morgan fingerprint density at radius 3 is 2.93 bits per heavy atom. The summed E-state index contributed by atoms with van der Waals surface area (Å²) in [5, 5.41) is 7.23. The summed E-state index contributed by atoms with van der Waals surface area (Å²) in [6, 6.07) is 0. The minimum absolute atomic E-state index is 0.393. The third-order valence-corrected chi connectivity index (χ3v) is 2.48.